The molecule has 242 valence electrons. The summed E-state index contributed by atoms with van der Waals surface area (Å²) in [5.41, 5.74) is 8.87. The molecule has 10 aromatic rings. The second-order valence-electron chi connectivity index (χ2n) is 12.7. The number of fused-ring (bicyclic) bond motifs is 6. The first kappa shape index (κ1) is 29.9. The molecule has 7 aromatic carbocycles. The minimum Gasteiger partial charge on any atom is -0.455 e. The number of nitrogens with zero attached hydrogens (tertiary/aromatic N) is 4. The topological polar surface area (TPSA) is 75.6 Å². The van der Waals surface area contributed by atoms with E-state index in [1.165, 1.54) is 20.2 Å². The standard InChI is InChI=1S/C46H26N4OS/c47-27-28-14-16-29(17-15-28)30-18-20-31(21-19-30)34-24-25-38-35-10-4-6-12-39(35)51-43(38)42(34)46-49-44(32-8-2-1-3-9-32)48-45(50-46)33-22-23-37-36-11-5-7-13-40(36)52-41(37)26-33/h1-26H. The molecular weight excluding hydrogens is 657 g/mol. The van der Waals surface area contributed by atoms with Gasteiger partial charge >= 0.3 is 0 Å². The molecule has 0 aliphatic rings. The van der Waals surface area contributed by atoms with Gasteiger partial charge in [0.1, 0.15) is 11.2 Å². The van der Waals surface area contributed by atoms with E-state index in [-0.39, 0.29) is 0 Å². The Morgan fingerprint density at radius 3 is 1.85 bits per heavy atom. The highest BCUT2D eigenvalue weighted by molar-refractivity contribution is 7.25. The Hall–Kier alpha value is -6.94. The van der Waals surface area contributed by atoms with E-state index in [1.807, 2.05) is 72.8 Å². The second kappa shape index (κ2) is 12.1. The third-order valence-electron chi connectivity index (χ3n) is 9.62. The number of para-hydroxylation sites is 1. The van der Waals surface area contributed by atoms with E-state index in [0.29, 0.717) is 23.0 Å². The van der Waals surface area contributed by atoms with Gasteiger partial charge in [-0.25, -0.2) is 15.0 Å². The molecule has 0 atom stereocenters. The maximum Gasteiger partial charge on any atom is 0.168 e. The first-order valence-corrected chi connectivity index (χ1v) is 17.8. The Labute approximate surface area is 302 Å². The first-order chi connectivity index (χ1) is 25.7. The molecule has 0 N–H and O–H groups in total. The van der Waals surface area contributed by atoms with Crippen molar-refractivity contribution in [3.05, 3.63) is 163 Å². The highest BCUT2D eigenvalue weighted by atomic mass is 32.1. The predicted octanol–water partition coefficient (Wildman–Crippen LogP) is 12.3. The van der Waals surface area contributed by atoms with Crippen molar-refractivity contribution in [1.82, 2.24) is 15.0 Å². The molecule has 0 bridgehead atoms. The van der Waals surface area contributed by atoms with Crippen LogP contribution in [0.2, 0.25) is 0 Å². The maximum atomic E-state index is 9.26. The van der Waals surface area contributed by atoms with Crippen LogP contribution in [0.25, 0.3) is 98.5 Å². The lowest BCUT2D eigenvalue weighted by Gasteiger charge is -2.13. The van der Waals surface area contributed by atoms with Crippen molar-refractivity contribution >= 4 is 53.4 Å². The Kier molecular flexibility index (Phi) is 6.98. The fourth-order valence-electron chi connectivity index (χ4n) is 7.03. The molecule has 0 radical (unpaired) electrons. The zero-order chi connectivity index (χ0) is 34.6. The number of hydrogen-bond acceptors (Lipinski definition) is 6. The van der Waals surface area contributed by atoms with E-state index in [4.69, 9.17) is 19.4 Å². The van der Waals surface area contributed by atoms with Crippen molar-refractivity contribution < 1.29 is 4.42 Å². The van der Waals surface area contributed by atoms with Gasteiger partial charge < -0.3 is 4.42 Å². The van der Waals surface area contributed by atoms with E-state index in [2.05, 4.69) is 91.0 Å². The van der Waals surface area contributed by atoms with Crippen LogP contribution in [0.1, 0.15) is 5.56 Å². The highest BCUT2D eigenvalue weighted by Crippen LogP contribution is 2.43. The molecule has 0 unspecified atom stereocenters. The van der Waals surface area contributed by atoms with Crippen LogP contribution >= 0.6 is 11.3 Å². The molecule has 0 spiro atoms. The van der Waals surface area contributed by atoms with Gasteiger partial charge in [-0.1, -0.05) is 121 Å². The number of nitriles is 1. The zero-order valence-electron chi connectivity index (χ0n) is 27.6. The highest BCUT2D eigenvalue weighted by Gasteiger charge is 2.22. The smallest absolute Gasteiger partial charge is 0.168 e. The summed E-state index contributed by atoms with van der Waals surface area (Å²) in [7, 11) is 0. The molecule has 0 saturated carbocycles. The third kappa shape index (κ3) is 5.03. The van der Waals surface area contributed by atoms with Gasteiger partial charge in [0, 0.05) is 42.1 Å². The van der Waals surface area contributed by atoms with Crippen LogP contribution in [0.15, 0.2) is 162 Å². The maximum absolute atomic E-state index is 9.26. The third-order valence-corrected chi connectivity index (χ3v) is 10.8. The Morgan fingerprint density at radius 2 is 1.06 bits per heavy atom. The lowest BCUT2D eigenvalue weighted by molar-refractivity contribution is 0.669. The van der Waals surface area contributed by atoms with E-state index in [0.717, 1.165) is 60.9 Å². The molecule has 0 aliphatic carbocycles. The molecule has 3 aromatic heterocycles. The molecule has 0 fully saturated rings. The van der Waals surface area contributed by atoms with Gasteiger partial charge in [-0.3, -0.25) is 0 Å². The van der Waals surface area contributed by atoms with Crippen LogP contribution in [-0.4, -0.2) is 15.0 Å². The van der Waals surface area contributed by atoms with Gasteiger partial charge in [0.25, 0.3) is 0 Å². The molecule has 0 amide bonds. The van der Waals surface area contributed by atoms with Gasteiger partial charge in [-0.2, -0.15) is 5.26 Å². The van der Waals surface area contributed by atoms with E-state index in [9.17, 15) is 5.26 Å². The van der Waals surface area contributed by atoms with Crippen molar-refractivity contribution in [2.75, 3.05) is 0 Å². The lowest BCUT2D eigenvalue weighted by Crippen LogP contribution is -2.01. The van der Waals surface area contributed by atoms with Crippen LogP contribution < -0.4 is 0 Å². The summed E-state index contributed by atoms with van der Waals surface area (Å²) in [6, 6.07) is 55.8. The van der Waals surface area contributed by atoms with Crippen molar-refractivity contribution in [2.45, 2.75) is 0 Å². The largest absolute Gasteiger partial charge is 0.455 e. The summed E-state index contributed by atoms with van der Waals surface area (Å²) in [5, 5.41) is 13.8. The minimum absolute atomic E-state index is 0.538. The number of aromatic nitrogens is 3. The Bertz CT molecular complexity index is 3010. The van der Waals surface area contributed by atoms with Gasteiger partial charge in [0.15, 0.2) is 17.5 Å². The number of hydrogen-bond donors (Lipinski definition) is 0. The fraction of sp³-hybridized carbons (Fsp3) is 0. The van der Waals surface area contributed by atoms with E-state index >= 15 is 0 Å². The Morgan fingerprint density at radius 1 is 0.462 bits per heavy atom. The minimum atomic E-state index is 0.538. The monoisotopic (exact) mass is 682 g/mol. The summed E-state index contributed by atoms with van der Waals surface area (Å²) in [5.74, 6) is 1.72. The molecule has 3 heterocycles. The second-order valence-corrected chi connectivity index (χ2v) is 13.8. The summed E-state index contributed by atoms with van der Waals surface area (Å²) >= 11 is 1.78. The molecule has 0 aliphatic heterocycles. The van der Waals surface area contributed by atoms with Crippen molar-refractivity contribution in [3.8, 4) is 62.5 Å². The van der Waals surface area contributed by atoms with Gasteiger partial charge in [0.05, 0.1) is 17.2 Å². The molecular formula is C46H26N4OS. The molecule has 52 heavy (non-hydrogen) atoms. The van der Waals surface area contributed by atoms with Crippen molar-refractivity contribution in [3.63, 3.8) is 0 Å². The van der Waals surface area contributed by atoms with Crippen LogP contribution in [-0.2, 0) is 0 Å². The van der Waals surface area contributed by atoms with Gasteiger partial charge in [-0.05, 0) is 58.7 Å². The molecule has 0 saturated heterocycles. The number of rotatable bonds is 5. The molecule has 6 heteroatoms. The van der Waals surface area contributed by atoms with Crippen molar-refractivity contribution in [2.24, 2.45) is 0 Å². The normalized spacial score (nSPS) is 11.4. The average molecular weight is 683 g/mol. The van der Waals surface area contributed by atoms with Crippen molar-refractivity contribution in [1.29, 1.82) is 5.26 Å². The number of benzene rings is 7. The van der Waals surface area contributed by atoms with Gasteiger partial charge in [0.2, 0.25) is 0 Å². The van der Waals surface area contributed by atoms with Crippen LogP contribution in [0, 0.1) is 11.3 Å². The van der Waals surface area contributed by atoms with E-state index in [1.54, 1.807) is 11.3 Å². The summed E-state index contributed by atoms with van der Waals surface area (Å²) in [4.78, 5) is 15.5. The fourth-order valence-corrected chi connectivity index (χ4v) is 8.17. The molecule has 5 nitrogen and oxygen atoms in total. The lowest BCUT2D eigenvalue weighted by atomic mass is 9.94. The van der Waals surface area contributed by atoms with Gasteiger partial charge in [-0.15, -0.1) is 11.3 Å². The van der Waals surface area contributed by atoms with Crippen LogP contribution in [0.5, 0.6) is 0 Å². The average Bonchev–Trinajstić information content (AvgIpc) is 3.79. The molecule has 10 rings (SSSR count). The first-order valence-electron chi connectivity index (χ1n) is 17.0. The van der Waals surface area contributed by atoms with E-state index < -0.39 is 0 Å². The summed E-state index contributed by atoms with van der Waals surface area (Å²) in [6.07, 6.45) is 0. The summed E-state index contributed by atoms with van der Waals surface area (Å²) in [6.45, 7) is 0. The summed E-state index contributed by atoms with van der Waals surface area (Å²) < 4.78 is 9.11. The zero-order valence-corrected chi connectivity index (χ0v) is 28.4. The van der Waals surface area contributed by atoms with Crippen LogP contribution in [0.3, 0.4) is 0 Å². The quantitative estimate of drug-likeness (QED) is 0.181. The SMILES string of the molecule is N#Cc1ccc(-c2ccc(-c3ccc4c(oc5ccccc54)c3-c3nc(-c4ccccc4)nc(-c4ccc5c(c4)sc4ccccc45)n3)cc2)cc1. The Balaban J connectivity index is 1.20. The number of thiophene rings is 1. The van der Waals surface area contributed by atoms with Crippen LogP contribution in [0.4, 0.5) is 0 Å². The number of furan rings is 1. The predicted molar refractivity (Wildman–Crippen MR) is 212 cm³/mol.